The minimum absolute atomic E-state index is 0.221. The van der Waals surface area contributed by atoms with Gasteiger partial charge < -0.3 is 0 Å². The van der Waals surface area contributed by atoms with Gasteiger partial charge in [0.15, 0.2) is 0 Å². The second kappa shape index (κ2) is 8.26. The van der Waals surface area contributed by atoms with Gasteiger partial charge in [0.1, 0.15) is 0 Å². The second-order valence-corrected chi connectivity index (χ2v) is 9.15. The first kappa shape index (κ1) is 19.4. The zero-order valence-corrected chi connectivity index (χ0v) is 18.1. The van der Waals surface area contributed by atoms with Gasteiger partial charge in [-0.25, -0.2) is 0 Å². The lowest BCUT2D eigenvalue weighted by atomic mass is 9.57. The molecule has 1 aliphatic rings. The molecule has 0 saturated heterocycles. The molecule has 0 N–H and O–H groups in total. The number of hydrogen-bond donors (Lipinski definition) is 0. The molecule has 5 rings (SSSR count). The lowest BCUT2D eigenvalue weighted by Crippen LogP contribution is -2.37. The van der Waals surface area contributed by atoms with Crippen LogP contribution in [0.1, 0.15) is 68.9 Å². The molecule has 0 aromatic heterocycles. The summed E-state index contributed by atoms with van der Waals surface area (Å²) in [5.74, 6) is 0.578. The highest BCUT2D eigenvalue weighted by Crippen LogP contribution is 2.54. The van der Waals surface area contributed by atoms with Crippen LogP contribution in [0.15, 0.2) is 84.9 Å². The van der Waals surface area contributed by atoms with Crippen LogP contribution in [-0.4, -0.2) is 0 Å². The van der Waals surface area contributed by atoms with Gasteiger partial charge in [-0.15, -0.1) is 0 Å². The highest BCUT2D eigenvalue weighted by Gasteiger charge is 2.43. The van der Waals surface area contributed by atoms with E-state index in [1.54, 1.807) is 11.1 Å². The maximum atomic E-state index is 2.45. The van der Waals surface area contributed by atoms with Gasteiger partial charge >= 0.3 is 0 Å². The van der Waals surface area contributed by atoms with Gasteiger partial charge in [-0.05, 0) is 57.9 Å². The molecular weight excluding hydrogens is 360 g/mol. The van der Waals surface area contributed by atoms with Crippen LogP contribution >= 0.6 is 0 Å². The van der Waals surface area contributed by atoms with Crippen molar-refractivity contribution < 1.29 is 0 Å². The fraction of sp³-hybridized carbons (Fsp3) is 0.333. The standard InChI is InChI=1S/C30H32/c1-2-3-21-30(28-20-11-15-24-13-5-7-17-26(24)28)22-9-8-19-29(30)27-18-10-14-23-12-4-6-16-25(23)27/h4-7,10-18,20,29H,2-3,8-9,19,21-22H2,1H3. The third-order valence-electron chi connectivity index (χ3n) is 7.53. The Bertz CT molecular complexity index is 1140. The van der Waals surface area contributed by atoms with Crippen molar-refractivity contribution in [2.75, 3.05) is 0 Å². The SMILES string of the molecule is CCCCC1(c2cccc3ccccc23)CCCCC1c1cccc2ccccc12. The fourth-order valence-corrected chi connectivity index (χ4v) is 6.16. The molecule has 1 saturated carbocycles. The molecule has 0 spiro atoms. The lowest BCUT2D eigenvalue weighted by Gasteiger charge is -2.46. The molecule has 0 heterocycles. The zero-order valence-electron chi connectivity index (χ0n) is 18.1. The van der Waals surface area contributed by atoms with Crippen molar-refractivity contribution in [2.24, 2.45) is 0 Å². The van der Waals surface area contributed by atoms with Gasteiger partial charge in [0.25, 0.3) is 0 Å². The number of rotatable bonds is 5. The Labute approximate surface area is 180 Å². The van der Waals surface area contributed by atoms with Crippen LogP contribution in [0, 0.1) is 0 Å². The van der Waals surface area contributed by atoms with Crippen molar-refractivity contribution in [2.45, 2.75) is 63.2 Å². The first-order valence-electron chi connectivity index (χ1n) is 11.8. The molecule has 152 valence electrons. The van der Waals surface area contributed by atoms with Gasteiger partial charge in [0.05, 0.1) is 0 Å². The highest BCUT2D eigenvalue weighted by atomic mass is 14.5. The summed E-state index contributed by atoms with van der Waals surface area (Å²) < 4.78 is 0. The Balaban J connectivity index is 1.76. The zero-order chi connectivity index (χ0) is 20.4. The maximum absolute atomic E-state index is 2.45. The van der Waals surface area contributed by atoms with E-state index in [9.17, 15) is 0 Å². The van der Waals surface area contributed by atoms with Crippen LogP contribution in [0.3, 0.4) is 0 Å². The van der Waals surface area contributed by atoms with E-state index in [0.717, 1.165) is 0 Å². The first-order chi connectivity index (χ1) is 14.8. The minimum Gasteiger partial charge on any atom is -0.0654 e. The average Bonchev–Trinajstić information content (AvgIpc) is 2.82. The van der Waals surface area contributed by atoms with E-state index >= 15 is 0 Å². The molecule has 2 atom stereocenters. The van der Waals surface area contributed by atoms with Crippen molar-refractivity contribution in [3.8, 4) is 0 Å². The van der Waals surface area contributed by atoms with E-state index < -0.39 is 0 Å². The number of benzene rings is 4. The molecule has 0 nitrogen and oxygen atoms in total. The molecule has 0 radical (unpaired) electrons. The Morgan fingerprint density at radius 1 is 0.733 bits per heavy atom. The predicted octanol–water partition coefficient (Wildman–Crippen LogP) is 8.78. The van der Waals surface area contributed by atoms with E-state index in [1.165, 1.54) is 66.5 Å². The minimum atomic E-state index is 0.221. The summed E-state index contributed by atoms with van der Waals surface area (Å²) in [6.07, 6.45) is 9.11. The molecular formula is C30H32. The topological polar surface area (TPSA) is 0 Å². The molecule has 0 heteroatoms. The summed E-state index contributed by atoms with van der Waals surface area (Å²) >= 11 is 0. The summed E-state index contributed by atoms with van der Waals surface area (Å²) in [5, 5.41) is 5.67. The normalized spacial score (nSPS) is 21.8. The van der Waals surface area contributed by atoms with E-state index in [2.05, 4.69) is 91.9 Å². The molecule has 2 unspecified atom stereocenters. The van der Waals surface area contributed by atoms with Crippen LogP contribution in [0.4, 0.5) is 0 Å². The van der Waals surface area contributed by atoms with Gasteiger partial charge in [-0.3, -0.25) is 0 Å². The first-order valence-corrected chi connectivity index (χ1v) is 11.8. The molecule has 0 bridgehead atoms. The average molecular weight is 393 g/mol. The van der Waals surface area contributed by atoms with Gasteiger partial charge in [0, 0.05) is 5.41 Å². The Hall–Kier alpha value is -2.60. The van der Waals surface area contributed by atoms with Crippen LogP contribution in [0.25, 0.3) is 21.5 Å². The quantitative estimate of drug-likeness (QED) is 0.318. The van der Waals surface area contributed by atoms with Crippen molar-refractivity contribution in [3.05, 3.63) is 96.1 Å². The monoisotopic (exact) mass is 392 g/mol. The van der Waals surface area contributed by atoms with Crippen molar-refractivity contribution >= 4 is 21.5 Å². The van der Waals surface area contributed by atoms with Crippen molar-refractivity contribution in [1.82, 2.24) is 0 Å². The summed E-state index contributed by atoms with van der Waals surface area (Å²) in [4.78, 5) is 0. The van der Waals surface area contributed by atoms with E-state index in [4.69, 9.17) is 0 Å². The van der Waals surface area contributed by atoms with E-state index in [1.807, 2.05) is 0 Å². The van der Waals surface area contributed by atoms with Crippen LogP contribution in [0.2, 0.25) is 0 Å². The van der Waals surface area contributed by atoms with Gasteiger partial charge in [-0.1, -0.05) is 118 Å². The van der Waals surface area contributed by atoms with Crippen LogP contribution < -0.4 is 0 Å². The van der Waals surface area contributed by atoms with Crippen molar-refractivity contribution in [3.63, 3.8) is 0 Å². The smallest absolute Gasteiger partial charge is 0.00280 e. The largest absolute Gasteiger partial charge is 0.0654 e. The predicted molar refractivity (Wildman–Crippen MR) is 130 cm³/mol. The molecule has 0 amide bonds. The van der Waals surface area contributed by atoms with Crippen LogP contribution in [-0.2, 0) is 5.41 Å². The number of fused-ring (bicyclic) bond motifs is 2. The van der Waals surface area contributed by atoms with Gasteiger partial charge in [-0.2, -0.15) is 0 Å². The third kappa shape index (κ3) is 3.23. The van der Waals surface area contributed by atoms with Crippen LogP contribution in [0.5, 0.6) is 0 Å². The summed E-state index contributed by atoms with van der Waals surface area (Å²) in [6, 6.07) is 32.0. The lowest BCUT2D eigenvalue weighted by molar-refractivity contribution is 0.228. The maximum Gasteiger partial charge on any atom is 0.00280 e. The van der Waals surface area contributed by atoms with E-state index in [-0.39, 0.29) is 5.41 Å². The molecule has 4 aromatic rings. The van der Waals surface area contributed by atoms with Crippen molar-refractivity contribution in [1.29, 1.82) is 0 Å². The van der Waals surface area contributed by atoms with E-state index in [0.29, 0.717) is 5.92 Å². The number of hydrogen-bond acceptors (Lipinski definition) is 0. The highest BCUT2D eigenvalue weighted by molar-refractivity contribution is 5.88. The second-order valence-electron chi connectivity index (χ2n) is 9.15. The fourth-order valence-electron chi connectivity index (χ4n) is 6.16. The number of unbranched alkanes of at least 4 members (excludes halogenated alkanes) is 1. The summed E-state index contributed by atoms with van der Waals surface area (Å²) in [7, 11) is 0. The Morgan fingerprint density at radius 3 is 2.20 bits per heavy atom. The molecule has 4 aromatic carbocycles. The Kier molecular flexibility index (Phi) is 5.34. The molecule has 0 aliphatic heterocycles. The summed E-state index contributed by atoms with van der Waals surface area (Å²) in [5.41, 5.74) is 3.38. The summed E-state index contributed by atoms with van der Waals surface area (Å²) in [6.45, 7) is 2.34. The molecule has 1 fully saturated rings. The Morgan fingerprint density at radius 2 is 1.40 bits per heavy atom. The molecule has 1 aliphatic carbocycles. The molecule has 30 heavy (non-hydrogen) atoms. The van der Waals surface area contributed by atoms with Gasteiger partial charge in [0.2, 0.25) is 0 Å². The third-order valence-corrected chi connectivity index (χ3v) is 7.53.